The van der Waals surface area contributed by atoms with Crippen LogP contribution in [0.3, 0.4) is 0 Å². The van der Waals surface area contributed by atoms with Gasteiger partial charge in [-0.15, -0.1) is 0 Å². The second-order valence-corrected chi connectivity index (χ2v) is 5.53. The maximum Gasteiger partial charge on any atom is 0.251 e. The van der Waals surface area contributed by atoms with Crippen LogP contribution in [0, 0.1) is 0 Å². The van der Waals surface area contributed by atoms with Crippen molar-refractivity contribution in [3.8, 4) is 11.1 Å². The Morgan fingerprint density at radius 1 is 0.957 bits per heavy atom. The van der Waals surface area contributed by atoms with E-state index in [-0.39, 0.29) is 5.91 Å². The van der Waals surface area contributed by atoms with Crippen LogP contribution >= 0.6 is 11.6 Å². The van der Waals surface area contributed by atoms with Crippen LogP contribution in [0.4, 0.5) is 0 Å². The average Bonchev–Trinajstić information content (AvgIpc) is 2.61. The lowest BCUT2D eigenvalue weighted by Crippen LogP contribution is -2.23. The fraction of sp³-hybridized carbons (Fsp3) is 0.0526. The van der Waals surface area contributed by atoms with Crippen molar-refractivity contribution in [1.29, 1.82) is 0 Å². The van der Waals surface area contributed by atoms with E-state index in [0.29, 0.717) is 17.1 Å². The van der Waals surface area contributed by atoms with E-state index in [0.717, 1.165) is 16.8 Å². The highest BCUT2D eigenvalue weighted by Crippen LogP contribution is 2.18. The van der Waals surface area contributed by atoms with Crippen LogP contribution in [0.5, 0.6) is 0 Å². The Kier molecular flexibility index (Phi) is 4.69. The lowest BCUT2D eigenvalue weighted by Gasteiger charge is -2.07. The van der Waals surface area contributed by atoms with E-state index in [4.69, 9.17) is 11.6 Å². The first-order valence-electron chi connectivity index (χ1n) is 7.26. The number of carbonyl (C=O) groups excluding carboxylic acids is 1. The highest BCUT2D eigenvalue weighted by molar-refractivity contribution is 6.30. The summed E-state index contributed by atoms with van der Waals surface area (Å²) in [7, 11) is 0. The van der Waals surface area contributed by atoms with Gasteiger partial charge in [0.15, 0.2) is 0 Å². The Morgan fingerprint density at radius 3 is 2.43 bits per heavy atom. The van der Waals surface area contributed by atoms with E-state index in [1.165, 1.54) is 0 Å². The first kappa shape index (κ1) is 15.3. The van der Waals surface area contributed by atoms with Gasteiger partial charge in [-0.3, -0.25) is 9.78 Å². The van der Waals surface area contributed by atoms with Crippen LogP contribution in [0.1, 0.15) is 16.1 Å². The number of carbonyl (C=O) groups is 1. The van der Waals surface area contributed by atoms with Gasteiger partial charge in [0.05, 0.1) is 12.2 Å². The normalized spacial score (nSPS) is 10.3. The minimum atomic E-state index is -0.145. The molecule has 0 saturated heterocycles. The number of hydrogen-bond acceptors (Lipinski definition) is 2. The summed E-state index contributed by atoms with van der Waals surface area (Å²) in [5.74, 6) is -0.145. The van der Waals surface area contributed by atoms with Gasteiger partial charge < -0.3 is 5.32 Å². The molecule has 0 unspecified atom stereocenters. The molecule has 1 N–H and O–H groups in total. The van der Waals surface area contributed by atoms with Crippen molar-refractivity contribution >= 4 is 17.5 Å². The monoisotopic (exact) mass is 322 g/mol. The van der Waals surface area contributed by atoms with Gasteiger partial charge in [-0.25, -0.2) is 0 Å². The van der Waals surface area contributed by atoms with Gasteiger partial charge in [-0.05, 0) is 47.5 Å². The summed E-state index contributed by atoms with van der Waals surface area (Å²) in [4.78, 5) is 16.4. The molecule has 0 fully saturated rings. The number of nitrogens with zero attached hydrogens (tertiary/aromatic N) is 1. The molecule has 1 amide bonds. The molecule has 0 aliphatic heterocycles. The molecule has 2 aromatic carbocycles. The molecule has 1 aromatic heterocycles. The maximum absolute atomic E-state index is 12.1. The van der Waals surface area contributed by atoms with Crippen LogP contribution in [0.2, 0.25) is 5.02 Å². The SMILES string of the molecule is O=C(NCc1cc(-c2ccccc2)ccn1)c1ccc(Cl)cc1. The molecule has 0 aliphatic carbocycles. The Bertz CT molecular complexity index is 801. The molecule has 3 rings (SSSR count). The zero-order valence-electron chi connectivity index (χ0n) is 12.4. The molecule has 3 nitrogen and oxygen atoms in total. The number of amides is 1. The zero-order chi connectivity index (χ0) is 16.1. The van der Waals surface area contributed by atoms with E-state index < -0.39 is 0 Å². The third-order valence-corrected chi connectivity index (χ3v) is 3.71. The number of hydrogen-bond donors (Lipinski definition) is 1. The van der Waals surface area contributed by atoms with Gasteiger partial charge in [0, 0.05) is 16.8 Å². The minimum absolute atomic E-state index is 0.145. The maximum atomic E-state index is 12.1. The summed E-state index contributed by atoms with van der Waals surface area (Å²) in [6, 6.07) is 20.8. The summed E-state index contributed by atoms with van der Waals surface area (Å²) in [6.45, 7) is 0.377. The number of aromatic nitrogens is 1. The second kappa shape index (κ2) is 7.07. The summed E-state index contributed by atoms with van der Waals surface area (Å²) < 4.78 is 0. The number of nitrogens with one attached hydrogen (secondary N) is 1. The Labute approximate surface area is 140 Å². The van der Waals surface area contributed by atoms with E-state index >= 15 is 0 Å². The highest BCUT2D eigenvalue weighted by Gasteiger charge is 2.06. The van der Waals surface area contributed by atoms with Gasteiger partial charge in [0.25, 0.3) is 5.91 Å². The van der Waals surface area contributed by atoms with Crippen LogP contribution in [-0.2, 0) is 6.54 Å². The molecule has 114 valence electrons. The number of rotatable bonds is 4. The van der Waals surface area contributed by atoms with Crippen molar-refractivity contribution in [3.63, 3.8) is 0 Å². The fourth-order valence-electron chi connectivity index (χ4n) is 2.26. The lowest BCUT2D eigenvalue weighted by atomic mass is 10.1. The summed E-state index contributed by atoms with van der Waals surface area (Å²) in [6.07, 6.45) is 1.76. The Morgan fingerprint density at radius 2 is 1.70 bits per heavy atom. The van der Waals surface area contributed by atoms with E-state index in [9.17, 15) is 4.79 Å². The topological polar surface area (TPSA) is 42.0 Å². The Hall–Kier alpha value is -2.65. The average molecular weight is 323 g/mol. The van der Waals surface area contributed by atoms with E-state index in [1.54, 1.807) is 30.5 Å². The van der Waals surface area contributed by atoms with Crippen molar-refractivity contribution in [1.82, 2.24) is 10.3 Å². The quantitative estimate of drug-likeness (QED) is 0.776. The predicted molar refractivity (Wildman–Crippen MR) is 92.3 cm³/mol. The van der Waals surface area contributed by atoms with E-state index in [2.05, 4.69) is 10.3 Å². The summed E-state index contributed by atoms with van der Waals surface area (Å²) in [5, 5.41) is 3.48. The van der Waals surface area contributed by atoms with Crippen molar-refractivity contribution in [2.24, 2.45) is 0 Å². The molecule has 0 radical (unpaired) electrons. The van der Waals surface area contributed by atoms with Gasteiger partial charge >= 0.3 is 0 Å². The first-order chi connectivity index (χ1) is 11.2. The van der Waals surface area contributed by atoms with Crippen molar-refractivity contribution in [2.45, 2.75) is 6.54 Å². The van der Waals surface area contributed by atoms with Crippen molar-refractivity contribution in [3.05, 3.63) is 89.2 Å². The smallest absolute Gasteiger partial charge is 0.251 e. The molecule has 0 saturated carbocycles. The van der Waals surface area contributed by atoms with Crippen LogP contribution < -0.4 is 5.32 Å². The highest BCUT2D eigenvalue weighted by atomic mass is 35.5. The van der Waals surface area contributed by atoms with E-state index in [1.807, 2.05) is 42.5 Å². The molecule has 0 atom stereocenters. The molecular formula is C19H15ClN2O. The molecule has 0 spiro atoms. The van der Waals surface area contributed by atoms with Crippen LogP contribution in [0.25, 0.3) is 11.1 Å². The Balaban J connectivity index is 1.69. The first-order valence-corrected chi connectivity index (χ1v) is 7.64. The second-order valence-electron chi connectivity index (χ2n) is 5.09. The van der Waals surface area contributed by atoms with Gasteiger partial charge in [0.1, 0.15) is 0 Å². The molecule has 1 heterocycles. The standard InChI is InChI=1S/C19H15ClN2O/c20-17-8-6-15(7-9-17)19(23)22-13-18-12-16(10-11-21-18)14-4-2-1-3-5-14/h1-12H,13H2,(H,22,23). The zero-order valence-corrected chi connectivity index (χ0v) is 13.1. The molecular weight excluding hydrogens is 308 g/mol. The van der Waals surface area contributed by atoms with Crippen LogP contribution in [-0.4, -0.2) is 10.9 Å². The molecule has 0 aliphatic rings. The summed E-state index contributed by atoms with van der Waals surface area (Å²) >= 11 is 5.82. The molecule has 0 bridgehead atoms. The third kappa shape index (κ3) is 3.96. The lowest BCUT2D eigenvalue weighted by molar-refractivity contribution is 0.0950. The number of pyridine rings is 1. The molecule has 4 heteroatoms. The molecule has 3 aromatic rings. The number of benzene rings is 2. The fourth-order valence-corrected chi connectivity index (χ4v) is 2.39. The van der Waals surface area contributed by atoms with Crippen molar-refractivity contribution < 1.29 is 4.79 Å². The largest absolute Gasteiger partial charge is 0.346 e. The predicted octanol–water partition coefficient (Wildman–Crippen LogP) is 4.33. The summed E-state index contributed by atoms with van der Waals surface area (Å²) in [5.41, 5.74) is 3.60. The van der Waals surface area contributed by atoms with Crippen molar-refractivity contribution in [2.75, 3.05) is 0 Å². The van der Waals surface area contributed by atoms with Gasteiger partial charge in [-0.2, -0.15) is 0 Å². The van der Waals surface area contributed by atoms with Gasteiger partial charge in [-0.1, -0.05) is 41.9 Å². The van der Waals surface area contributed by atoms with Gasteiger partial charge in [0.2, 0.25) is 0 Å². The van der Waals surface area contributed by atoms with Crippen LogP contribution in [0.15, 0.2) is 72.9 Å². The molecule has 23 heavy (non-hydrogen) atoms. The minimum Gasteiger partial charge on any atom is -0.346 e. The third-order valence-electron chi connectivity index (χ3n) is 3.46. The number of halogens is 1.